The fraction of sp³-hybridized carbons (Fsp3) is 0.167. The molecule has 0 saturated carbocycles. The molecule has 0 radical (unpaired) electrons. The zero-order valence-corrected chi connectivity index (χ0v) is 12.8. The predicted octanol–water partition coefficient (Wildman–Crippen LogP) is 4.68. The molecule has 0 aliphatic rings. The first-order chi connectivity index (χ1) is 11.4. The highest BCUT2D eigenvalue weighted by Gasteiger charge is 2.30. The largest absolute Gasteiger partial charge is 0.416 e. The average molecular weight is 332 g/mol. The van der Waals surface area contributed by atoms with Crippen LogP contribution in [-0.4, -0.2) is 10.9 Å². The van der Waals surface area contributed by atoms with Crippen LogP contribution in [0.15, 0.2) is 54.7 Å². The molecule has 124 valence electrons. The van der Waals surface area contributed by atoms with Gasteiger partial charge in [0.15, 0.2) is 0 Å². The van der Waals surface area contributed by atoms with Gasteiger partial charge in [-0.15, -0.1) is 0 Å². The summed E-state index contributed by atoms with van der Waals surface area (Å²) in [7, 11) is 0. The Kier molecular flexibility index (Phi) is 4.05. The molecule has 1 atom stereocenters. The molecule has 3 rings (SSSR count). The maximum absolute atomic E-state index is 12.8. The molecule has 0 fully saturated rings. The molecule has 1 heterocycles. The molecule has 2 N–H and O–H groups in total. The van der Waals surface area contributed by atoms with Crippen molar-refractivity contribution in [3.8, 4) is 0 Å². The Bertz CT molecular complexity index is 883. The van der Waals surface area contributed by atoms with Gasteiger partial charge in [-0.05, 0) is 30.7 Å². The number of halogens is 3. The Labute approximate surface area is 136 Å². The molecule has 0 aliphatic heterocycles. The van der Waals surface area contributed by atoms with E-state index >= 15 is 0 Å². The molecule has 24 heavy (non-hydrogen) atoms. The minimum absolute atomic E-state index is 0.336. The molecule has 0 unspecified atom stereocenters. The number of aromatic amines is 1. The van der Waals surface area contributed by atoms with E-state index in [1.165, 1.54) is 6.07 Å². The molecule has 6 heteroatoms. The van der Waals surface area contributed by atoms with Gasteiger partial charge in [-0.25, -0.2) is 0 Å². The van der Waals surface area contributed by atoms with Gasteiger partial charge in [-0.3, -0.25) is 4.79 Å². The van der Waals surface area contributed by atoms with Gasteiger partial charge in [0.25, 0.3) is 5.91 Å². The molecule has 0 spiro atoms. The van der Waals surface area contributed by atoms with Crippen LogP contribution in [0.25, 0.3) is 10.9 Å². The van der Waals surface area contributed by atoms with Crippen molar-refractivity contribution in [1.29, 1.82) is 0 Å². The van der Waals surface area contributed by atoms with Crippen LogP contribution < -0.4 is 5.32 Å². The number of hydrogen-bond acceptors (Lipinski definition) is 1. The lowest BCUT2D eigenvalue weighted by molar-refractivity contribution is -0.137. The number of rotatable bonds is 3. The van der Waals surface area contributed by atoms with Gasteiger partial charge in [0.2, 0.25) is 0 Å². The Hall–Kier alpha value is -2.76. The lowest BCUT2D eigenvalue weighted by atomic mass is 10.0. The number of fused-ring (bicyclic) bond motifs is 1. The summed E-state index contributed by atoms with van der Waals surface area (Å²) in [6.45, 7) is 1.65. The molecule has 3 nitrogen and oxygen atoms in total. The lowest BCUT2D eigenvalue weighted by Crippen LogP contribution is -2.26. The van der Waals surface area contributed by atoms with Gasteiger partial charge in [-0.2, -0.15) is 13.2 Å². The number of benzene rings is 2. The number of H-pyrrole nitrogens is 1. The molecule has 3 aromatic rings. The second-order valence-electron chi connectivity index (χ2n) is 5.57. The molecule has 1 amide bonds. The summed E-state index contributed by atoms with van der Waals surface area (Å²) in [5.41, 5.74) is 0.963. The molecule has 1 aromatic heterocycles. The fourth-order valence-electron chi connectivity index (χ4n) is 2.60. The van der Waals surface area contributed by atoms with E-state index in [1.54, 1.807) is 19.2 Å². The predicted molar refractivity (Wildman–Crippen MR) is 85.6 cm³/mol. The van der Waals surface area contributed by atoms with Gasteiger partial charge in [0.1, 0.15) is 0 Å². The number of aromatic nitrogens is 1. The van der Waals surface area contributed by atoms with E-state index < -0.39 is 17.8 Å². The van der Waals surface area contributed by atoms with Crippen molar-refractivity contribution in [2.24, 2.45) is 0 Å². The lowest BCUT2D eigenvalue weighted by Gasteiger charge is -2.16. The Morgan fingerprint density at radius 1 is 1.12 bits per heavy atom. The first kappa shape index (κ1) is 16.1. The number of carbonyl (C=O) groups excluding carboxylic acids is 1. The van der Waals surface area contributed by atoms with E-state index in [0.29, 0.717) is 11.1 Å². The van der Waals surface area contributed by atoms with Crippen LogP contribution in [0.1, 0.15) is 34.5 Å². The van der Waals surface area contributed by atoms with Crippen LogP contribution in [0.4, 0.5) is 13.2 Å². The van der Waals surface area contributed by atoms with Crippen molar-refractivity contribution in [2.45, 2.75) is 19.1 Å². The summed E-state index contributed by atoms with van der Waals surface area (Å²) in [5, 5.41) is 3.51. The zero-order chi connectivity index (χ0) is 17.3. The third-order valence-corrected chi connectivity index (χ3v) is 3.90. The smallest absolute Gasteiger partial charge is 0.360 e. The minimum atomic E-state index is -4.41. The topological polar surface area (TPSA) is 44.9 Å². The maximum atomic E-state index is 12.8. The SMILES string of the molecule is C[C@H](NC(=O)c1c[nH]c2ccccc12)c1cccc(C(F)(F)F)c1. The Balaban J connectivity index is 1.82. The summed E-state index contributed by atoms with van der Waals surface area (Å²) in [6.07, 6.45) is -2.81. The number of amides is 1. The quantitative estimate of drug-likeness (QED) is 0.719. The first-order valence-electron chi connectivity index (χ1n) is 7.40. The maximum Gasteiger partial charge on any atom is 0.416 e. The third-order valence-electron chi connectivity index (χ3n) is 3.90. The van der Waals surface area contributed by atoms with E-state index in [9.17, 15) is 18.0 Å². The number of carbonyl (C=O) groups is 1. The van der Waals surface area contributed by atoms with Gasteiger partial charge in [-0.1, -0.05) is 30.3 Å². The van der Waals surface area contributed by atoms with Gasteiger partial charge in [0, 0.05) is 17.1 Å². The van der Waals surface area contributed by atoms with Gasteiger partial charge >= 0.3 is 6.18 Å². The van der Waals surface area contributed by atoms with E-state index in [0.717, 1.165) is 23.0 Å². The number of para-hydroxylation sites is 1. The van der Waals surface area contributed by atoms with E-state index in [4.69, 9.17) is 0 Å². The number of hydrogen-bond donors (Lipinski definition) is 2. The number of nitrogens with one attached hydrogen (secondary N) is 2. The van der Waals surface area contributed by atoms with Crippen LogP contribution in [0, 0.1) is 0 Å². The Morgan fingerprint density at radius 2 is 1.88 bits per heavy atom. The van der Waals surface area contributed by atoms with Crippen LogP contribution in [0.5, 0.6) is 0 Å². The highest BCUT2D eigenvalue weighted by atomic mass is 19.4. The molecule has 0 bridgehead atoms. The molecule has 0 saturated heterocycles. The van der Waals surface area contributed by atoms with E-state index in [-0.39, 0.29) is 5.91 Å². The highest BCUT2D eigenvalue weighted by Crippen LogP contribution is 2.30. The summed E-state index contributed by atoms with van der Waals surface area (Å²) in [5.74, 6) is -0.336. The van der Waals surface area contributed by atoms with E-state index in [2.05, 4.69) is 10.3 Å². The van der Waals surface area contributed by atoms with Crippen molar-refractivity contribution in [3.63, 3.8) is 0 Å². The van der Waals surface area contributed by atoms with Crippen molar-refractivity contribution >= 4 is 16.8 Å². The molecule has 2 aromatic carbocycles. The monoisotopic (exact) mass is 332 g/mol. The standard InChI is InChI=1S/C18H15F3N2O/c1-11(12-5-4-6-13(9-12)18(19,20)21)23-17(24)15-10-22-16-8-3-2-7-14(15)16/h2-11,22H,1H3,(H,23,24)/t11-/m0/s1. The third kappa shape index (κ3) is 3.13. The van der Waals surface area contributed by atoms with E-state index in [1.807, 2.05) is 24.3 Å². The van der Waals surface area contributed by atoms with Crippen LogP contribution in [0.3, 0.4) is 0 Å². The molecule has 0 aliphatic carbocycles. The normalized spacial score (nSPS) is 13.0. The first-order valence-corrected chi connectivity index (χ1v) is 7.40. The Morgan fingerprint density at radius 3 is 2.62 bits per heavy atom. The summed E-state index contributed by atoms with van der Waals surface area (Å²) >= 11 is 0. The highest BCUT2D eigenvalue weighted by molar-refractivity contribution is 6.06. The fourth-order valence-corrected chi connectivity index (χ4v) is 2.60. The van der Waals surface area contributed by atoms with Crippen LogP contribution in [0.2, 0.25) is 0 Å². The van der Waals surface area contributed by atoms with Crippen molar-refractivity contribution in [1.82, 2.24) is 10.3 Å². The molecular weight excluding hydrogens is 317 g/mol. The minimum Gasteiger partial charge on any atom is -0.360 e. The van der Waals surface area contributed by atoms with Gasteiger partial charge in [0.05, 0.1) is 17.2 Å². The zero-order valence-electron chi connectivity index (χ0n) is 12.8. The van der Waals surface area contributed by atoms with Crippen molar-refractivity contribution in [3.05, 3.63) is 71.4 Å². The summed E-state index contributed by atoms with van der Waals surface area (Å²) < 4.78 is 38.4. The van der Waals surface area contributed by atoms with Gasteiger partial charge < -0.3 is 10.3 Å². The van der Waals surface area contributed by atoms with Crippen molar-refractivity contribution in [2.75, 3.05) is 0 Å². The second kappa shape index (κ2) is 6.03. The van der Waals surface area contributed by atoms with Crippen LogP contribution in [-0.2, 0) is 6.18 Å². The van der Waals surface area contributed by atoms with Crippen LogP contribution >= 0.6 is 0 Å². The number of alkyl halides is 3. The summed E-state index contributed by atoms with van der Waals surface area (Å²) in [6, 6.07) is 11.8. The second-order valence-corrected chi connectivity index (χ2v) is 5.57. The van der Waals surface area contributed by atoms with Crippen molar-refractivity contribution < 1.29 is 18.0 Å². The summed E-state index contributed by atoms with van der Waals surface area (Å²) in [4.78, 5) is 15.4. The molecular formula is C18H15F3N2O. The average Bonchev–Trinajstić information content (AvgIpc) is 2.98.